The van der Waals surface area contributed by atoms with Gasteiger partial charge in [-0.1, -0.05) is 30.3 Å². The summed E-state index contributed by atoms with van der Waals surface area (Å²) in [4.78, 5) is 37.9. The van der Waals surface area contributed by atoms with Crippen LogP contribution in [-0.4, -0.2) is 29.2 Å². The van der Waals surface area contributed by atoms with Gasteiger partial charge in [-0.2, -0.15) is 0 Å². The molecular weight excluding hydrogens is 316 g/mol. The van der Waals surface area contributed by atoms with Gasteiger partial charge >= 0.3 is 0 Å². The number of carbonyl (C=O) groups is 3. The first-order chi connectivity index (χ1) is 11.9. The molecule has 5 nitrogen and oxygen atoms in total. The Morgan fingerprint density at radius 1 is 1.00 bits per heavy atom. The summed E-state index contributed by atoms with van der Waals surface area (Å²) < 4.78 is 0. The van der Waals surface area contributed by atoms with E-state index in [4.69, 9.17) is 0 Å². The maximum atomic E-state index is 12.3. The van der Waals surface area contributed by atoms with Crippen LogP contribution < -0.4 is 5.32 Å². The zero-order valence-corrected chi connectivity index (χ0v) is 14.5. The first-order valence-corrected chi connectivity index (χ1v) is 8.20. The molecule has 0 spiro atoms. The number of amides is 3. The van der Waals surface area contributed by atoms with Crippen molar-refractivity contribution in [3.8, 4) is 0 Å². The molecule has 0 unspecified atom stereocenters. The van der Waals surface area contributed by atoms with E-state index in [9.17, 15) is 14.4 Å². The van der Waals surface area contributed by atoms with E-state index in [1.165, 1.54) is 5.56 Å². The van der Waals surface area contributed by atoms with Crippen LogP contribution in [0.2, 0.25) is 0 Å². The largest absolute Gasteiger partial charge is 0.348 e. The Morgan fingerprint density at radius 2 is 1.60 bits per heavy atom. The van der Waals surface area contributed by atoms with E-state index in [2.05, 4.69) is 5.32 Å². The average Bonchev–Trinajstić information content (AvgIpc) is 2.82. The number of carbonyl (C=O) groups excluding carboxylic acids is 3. The van der Waals surface area contributed by atoms with Gasteiger partial charge in [0.2, 0.25) is 5.91 Å². The second kappa shape index (κ2) is 6.51. The molecule has 0 saturated heterocycles. The lowest BCUT2D eigenvalue weighted by Gasteiger charge is -2.18. The molecular formula is C20H20N2O3. The molecule has 1 heterocycles. The minimum atomic E-state index is -0.422. The van der Waals surface area contributed by atoms with Crippen LogP contribution in [0.5, 0.6) is 0 Å². The molecule has 0 aliphatic carbocycles. The van der Waals surface area contributed by atoms with Crippen LogP contribution in [0.3, 0.4) is 0 Å². The SMILES string of the molecule is Cc1ccc([C@@H](C)NC(=O)CN2C(=O)c3ccccc3C2=O)cc1C. The molecule has 2 aromatic rings. The zero-order valence-electron chi connectivity index (χ0n) is 14.5. The van der Waals surface area contributed by atoms with Gasteiger partial charge < -0.3 is 5.32 Å². The van der Waals surface area contributed by atoms with E-state index in [1.807, 2.05) is 39.0 Å². The summed E-state index contributed by atoms with van der Waals surface area (Å²) in [6.45, 7) is 5.66. The molecule has 1 aliphatic heterocycles. The first kappa shape index (κ1) is 16.9. The third kappa shape index (κ3) is 3.18. The molecule has 3 rings (SSSR count). The highest BCUT2D eigenvalue weighted by Crippen LogP contribution is 2.22. The quantitative estimate of drug-likeness (QED) is 0.873. The summed E-state index contributed by atoms with van der Waals surface area (Å²) in [6, 6.07) is 12.4. The highest BCUT2D eigenvalue weighted by molar-refractivity contribution is 6.22. The molecule has 5 heteroatoms. The van der Waals surface area contributed by atoms with E-state index in [1.54, 1.807) is 24.3 Å². The Kier molecular flexibility index (Phi) is 4.40. The van der Waals surface area contributed by atoms with Crippen molar-refractivity contribution in [2.45, 2.75) is 26.8 Å². The standard InChI is InChI=1S/C20H20N2O3/c1-12-8-9-15(10-13(12)2)14(3)21-18(23)11-22-19(24)16-6-4-5-7-17(16)20(22)25/h4-10,14H,11H2,1-3H3,(H,21,23)/t14-/m1/s1. The summed E-state index contributed by atoms with van der Waals surface area (Å²) in [5.74, 6) is -1.20. The number of fused-ring (bicyclic) bond motifs is 1. The van der Waals surface area contributed by atoms with Crippen molar-refractivity contribution in [3.05, 3.63) is 70.3 Å². The minimum absolute atomic E-state index is 0.206. The van der Waals surface area contributed by atoms with E-state index < -0.39 is 11.8 Å². The highest BCUT2D eigenvalue weighted by Gasteiger charge is 2.36. The highest BCUT2D eigenvalue weighted by atomic mass is 16.2. The average molecular weight is 336 g/mol. The fourth-order valence-corrected chi connectivity index (χ4v) is 2.93. The van der Waals surface area contributed by atoms with Crippen molar-refractivity contribution < 1.29 is 14.4 Å². The van der Waals surface area contributed by atoms with Crippen LogP contribution in [0.25, 0.3) is 0 Å². The maximum Gasteiger partial charge on any atom is 0.262 e. The third-order valence-electron chi connectivity index (χ3n) is 4.59. The van der Waals surface area contributed by atoms with Crippen molar-refractivity contribution in [1.82, 2.24) is 10.2 Å². The predicted molar refractivity (Wildman–Crippen MR) is 94.3 cm³/mol. The summed E-state index contributed by atoms with van der Waals surface area (Å²) in [5, 5.41) is 2.85. The molecule has 128 valence electrons. The van der Waals surface area contributed by atoms with Crippen LogP contribution >= 0.6 is 0 Å². The van der Waals surface area contributed by atoms with Gasteiger partial charge in [0.05, 0.1) is 17.2 Å². The minimum Gasteiger partial charge on any atom is -0.348 e. The van der Waals surface area contributed by atoms with Crippen LogP contribution in [-0.2, 0) is 4.79 Å². The number of rotatable bonds is 4. The van der Waals surface area contributed by atoms with Gasteiger partial charge in [-0.3, -0.25) is 19.3 Å². The Bertz CT molecular complexity index is 838. The van der Waals surface area contributed by atoms with Gasteiger partial charge in [-0.15, -0.1) is 0 Å². The van der Waals surface area contributed by atoms with E-state index in [0.29, 0.717) is 11.1 Å². The van der Waals surface area contributed by atoms with Crippen molar-refractivity contribution in [1.29, 1.82) is 0 Å². The normalized spacial score (nSPS) is 14.4. The fourth-order valence-electron chi connectivity index (χ4n) is 2.93. The lowest BCUT2D eigenvalue weighted by molar-refractivity contribution is -0.122. The second-order valence-electron chi connectivity index (χ2n) is 6.37. The zero-order chi connectivity index (χ0) is 18.1. The number of hydrogen-bond acceptors (Lipinski definition) is 3. The lowest BCUT2D eigenvalue weighted by atomic mass is 10.0. The topological polar surface area (TPSA) is 66.5 Å². The van der Waals surface area contributed by atoms with Crippen LogP contribution in [0.4, 0.5) is 0 Å². The molecule has 0 saturated carbocycles. The van der Waals surface area contributed by atoms with Crippen molar-refractivity contribution in [3.63, 3.8) is 0 Å². The molecule has 0 radical (unpaired) electrons. The van der Waals surface area contributed by atoms with E-state index >= 15 is 0 Å². The Morgan fingerprint density at radius 3 is 2.16 bits per heavy atom. The molecule has 3 amide bonds. The van der Waals surface area contributed by atoms with Crippen LogP contribution in [0, 0.1) is 13.8 Å². The van der Waals surface area contributed by atoms with Crippen molar-refractivity contribution in [2.75, 3.05) is 6.54 Å². The van der Waals surface area contributed by atoms with Gasteiger partial charge in [-0.05, 0) is 49.6 Å². The molecule has 0 aromatic heterocycles. The fraction of sp³-hybridized carbons (Fsp3) is 0.250. The van der Waals surface area contributed by atoms with Gasteiger partial charge in [0.1, 0.15) is 6.54 Å². The molecule has 0 fully saturated rings. The van der Waals surface area contributed by atoms with Crippen LogP contribution in [0.15, 0.2) is 42.5 Å². The number of aryl methyl sites for hydroxylation is 2. The number of nitrogens with one attached hydrogen (secondary N) is 1. The van der Waals surface area contributed by atoms with Crippen molar-refractivity contribution >= 4 is 17.7 Å². The number of hydrogen-bond donors (Lipinski definition) is 1. The smallest absolute Gasteiger partial charge is 0.262 e. The van der Waals surface area contributed by atoms with Gasteiger partial charge in [0, 0.05) is 0 Å². The van der Waals surface area contributed by atoms with Crippen LogP contribution in [0.1, 0.15) is 50.4 Å². The van der Waals surface area contributed by atoms with Gasteiger partial charge in [0.15, 0.2) is 0 Å². The van der Waals surface area contributed by atoms with E-state index in [-0.39, 0.29) is 18.5 Å². The van der Waals surface area contributed by atoms with E-state index in [0.717, 1.165) is 16.0 Å². The van der Waals surface area contributed by atoms with Gasteiger partial charge in [-0.25, -0.2) is 0 Å². The molecule has 1 N–H and O–H groups in total. The molecule has 0 bridgehead atoms. The molecule has 2 aromatic carbocycles. The Labute approximate surface area is 146 Å². The summed E-state index contributed by atoms with van der Waals surface area (Å²) in [6.07, 6.45) is 0. The number of nitrogens with zero attached hydrogens (tertiary/aromatic N) is 1. The Hall–Kier alpha value is -2.95. The maximum absolute atomic E-state index is 12.3. The number of imide groups is 1. The van der Waals surface area contributed by atoms with Gasteiger partial charge in [0.25, 0.3) is 11.8 Å². The molecule has 25 heavy (non-hydrogen) atoms. The summed E-state index contributed by atoms with van der Waals surface area (Å²) in [5.41, 5.74) is 4.02. The first-order valence-electron chi connectivity index (χ1n) is 8.20. The molecule has 1 atom stereocenters. The van der Waals surface area contributed by atoms with Crippen molar-refractivity contribution in [2.24, 2.45) is 0 Å². The molecule has 1 aliphatic rings. The second-order valence-corrected chi connectivity index (χ2v) is 6.37. The lowest BCUT2D eigenvalue weighted by Crippen LogP contribution is -2.41. The predicted octanol–water partition coefficient (Wildman–Crippen LogP) is 2.78. The summed E-state index contributed by atoms with van der Waals surface area (Å²) in [7, 11) is 0. The third-order valence-corrected chi connectivity index (χ3v) is 4.59. The summed E-state index contributed by atoms with van der Waals surface area (Å²) >= 11 is 0. The monoisotopic (exact) mass is 336 g/mol. The Balaban J connectivity index is 1.68. The number of benzene rings is 2.